The zero-order valence-corrected chi connectivity index (χ0v) is 17.1. The summed E-state index contributed by atoms with van der Waals surface area (Å²) in [5.41, 5.74) is -0.711. The first-order valence-corrected chi connectivity index (χ1v) is 10.7. The lowest BCUT2D eigenvalue weighted by molar-refractivity contribution is -0.138. The molecular weight excluding hydrogens is 466 g/mol. The summed E-state index contributed by atoms with van der Waals surface area (Å²) in [6.45, 7) is 1.90. The number of nitrogens with one attached hydrogen (secondary N) is 1. The molecule has 0 aliphatic rings. The van der Waals surface area contributed by atoms with Crippen LogP contribution in [-0.4, -0.2) is 21.2 Å². The molecule has 0 saturated carbocycles. The summed E-state index contributed by atoms with van der Waals surface area (Å²) in [7, 11) is -4.45. The number of alkyl halides is 3. The monoisotopic (exact) mass is 483 g/mol. The zero-order valence-electron chi connectivity index (χ0n) is 14.6. The number of aryl methyl sites for hydroxylation is 1. The van der Waals surface area contributed by atoms with Crippen molar-refractivity contribution in [1.82, 2.24) is 0 Å². The van der Waals surface area contributed by atoms with Gasteiger partial charge in [-0.25, -0.2) is 0 Å². The number of halogens is 4. The van der Waals surface area contributed by atoms with Gasteiger partial charge in [0.1, 0.15) is 23.3 Å². The third-order valence-corrected chi connectivity index (χ3v) is 4.79. The van der Waals surface area contributed by atoms with Crippen molar-refractivity contribution in [2.24, 2.45) is 0 Å². The lowest BCUT2D eigenvalue weighted by atomic mass is 10.1. The van der Waals surface area contributed by atoms with Gasteiger partial charge in [0.2, 0.25) is 0 Å². The summed E-state index contributed by atoms with van der Waals surface area (Å²) in [4.78, 5) is 17.8. The molecule has 0 aromatic heterocycles. The van der Waals surface area contributed by atoms with E-state index in [-0.39, 0.29) is 21.7 Å². The van der Waals surface area contributed by atoms with Gasteiger partial charge in [0.25, 0.3) is 0 Å². The Hall–Kier alpha value is -1.74. The smallest absolute Gasteiger partial charge is 0.420 e. The highest BCUT2D eigenvalue weighted by molar-refractivity contribution is 9.10. The molecule has 0 bridgehead atoms. The summed E-state index contributed by atoms with van der Waals surface area (Å²) in [5, 5.41) is 12.1. The molecule has 28 heavy (non-hydrogen) atoms. The Morgan fingerprint density at radius 1 is 1.21 bits per heavy atom. The first-order valence-electron chi connectivity index (χ1n) is 8.09. The van der Waals surface area contributed by atoms with Crippen molar-refractivity contribution < 1.29 is 37.4 Å². The molecule has 11 heteroatoms. The number of hydrogen-bond acceptors (Lipinski definition) is 4. The van der Waals surface area contributed by atoms with E-state index in [1.165, 1.54) is 24.3 Å². The molecule has 0 aliphatic heterocycles. The Bertz CT molecular complexity index is 901. The normalized spacial score (nSPS) is 12.1. The Morgan fingerprint density at radius 2 is 1.89 bits per heavy atom. The molecule has 0 spiro atoms. The van der Waals surface area contributed by atoms with Gasteiger partial charge in [-0.2, -0.15) is 13.2 Å². The average molecular weight is 484 g/mol. The van der Waals surface area contributed by atoms with Crippen molar-refractivity contribution in [3.8, 4) is 17.2 Å². The maximum Gasteiger partial charge on any atom is 0.420 e. The summed E-state index contributed by atoms with van der Waals surface area (Å²) in [6, 6.07) is 6.10. The van der Waals surface area contributed by atoms with Crippen LogP contribution in [0.1, 0.15) is 24.5 Å². The van der Waals surface area contributed by atoms with Crippen LogP contribution in [0.25, 0.3) is 0 Å². The number of anilines is 1. The molecule has 2 rings (SSSR count). The van der Waals surface area contributed by atoms with E-state index >= 15 is 0 Å². The molecule has 2 aromatic rings. The molecule has 0 heterocycles. The first-order chi connectivity index (χ1) is 12.9. The predicted octanol–water partition coefficient (Wildman–Crippen LogP) is 5.47. The highest BCUT2D eigenvalue weighted by atomic mass is 79.9. The average Bonchev–Trinajstić information content (AvgIpc) is 2.56. The highest BCUT2D eigenvalue weighted by Crippen LogP contribution is 2.45. The molecular formula is C17H18BrF3NO5P. The number of rotatable bonds is 7. The Morgan fingerprint density at radius 3 is 2.46 bits per heavy atom. The van der Waals surface area contributed by atoms with Crippen LogP contribution in [-0.2, 0) is 17.2 Å². The molecule has 0 amide bonds. The van der Waals surface area contributed by atoms with E-state index in [9.17, 15) is 22.8 Å². The number of phenols is 1. The second-order valence-electron chi connectivity index (χ2n) is 5.97. The number of benzene rings is 2. The third kappa shape index (κ3) is 6.13. The van der Waals surface area contributed by atoms with Crippen molar-refractivity contribution in [3.63, 3.8) is 0 Å². The van der Waals surface area contributed by atoms with Crippen molar-refractivity contribution in [1.29, 1.82) is 0 Å². The van der Waals surface area contributed by atoms with E-state index < -0.39 is 31.4 Å². The van der Waals surface area contributed by atoms with E-state index in [2.05, 4.69) is 21.2 Å². The predicted molar refractivity (Wildman–Crippen MR) is 102 cm³/mol. The summed E-state index contributed by atoms with van der Waals surface area (Å²) in [6.07, 6.45) is -4.33. The summed E-state index contributed by atoms with van der Waals surface area (Å²) >= 11 is 3.02. The van der Waals surface area contributed by atoms with Crippen LogP contribution in [0.2, 0.25) is 0 Å². The minimum atomic E-state index is -4.78. The molecule has 0 radical (unpaired) electrons. The molecule has 154 valence electrons. The van der Waals surface area contributed by atoms with Crippen LogP contribution < -0.4 is 10.1 Å². The van der Waals surface area contributed by atoms with Crippen molar-refractivity contribution >= 4 is 29.2 Å². The fourth-order valence-electron chi connectivity index (χ4n) is 2.42. The molecule has 0 unspecified atom stereocenters. The van der Waals surface area contributed by atoms with Gasteiger partial charge in [0.05, 0.1) is 4.47 Å². The summed E-state index contributed by atoms with van der Waals surface area (Å²) in [5.74, 6) is -0.355. The number of ether oxygens (including phenoxy) is 1. The Kier molecular flexibility index (Phi) is 7.03. The molecule has 0 fully saturated rings. The van der Waals surface area contributed by atoms with Crippen molar-refractivity contribution in [2.45, 2.75) is 25.9 Å². The molecule has 0 saturated heterocycles. The topological polar surface area (TPSA) is 99.0 Å². The van der Waals surface area contributed by atoms with Crippen molar-refractivity contribution in [2.75, 3.05) is 11.6 Å². The molecule has 4 N–H and O–H groups in total. The van der Waals surface area contributed by atoms with Crippen LogP contribution in [0.4, 0.5) is 18.9 Å². The van der Waals surface area contributed by atoms with Gasteiger partial charge >= 0.3 is 13.8 Å². The van der Waals surface area contributed by atoms with E-state index in [1.54, 1.807) is 0 Å². The van der Waals surface area contributed by atoms with E-state index in [4.69, 9.17) is 14.5 Å². The van der Waals surface area contributed by atoms with E-state index in [0.29, 0.717) is 18.1 Å². The lowest BCUT2D eigenvalue weighted by Gasteiger charge is -2.18. The number of phenolic OH excluding ortho intramolecular Hbond substituents is 1. The van der Waals surface area contributed by atoms with Gasteiger partial charge < -0.3 is 24.9 Å². The Balaban J connectivity index is 2.43. The summed E-state index contributed by atoms with van der Waals surface area (Å²) < 4.78 is 56.9. The van der Waals surface area contributed by atoms with Crippen LogP contribution in [0, 0.1) is 0 Å². The molecule has 6 nitrogen and oxygen atoms in total. The van der Waals surface area contributed by atoms with Gasteiger partial charge in [0.15, 0.2) is 5.75 Å². The maximum absolute atomic E-state index is 13.5. The van der Waals surface area contributed by atoms with Crippen LogP contribution in [0.15, 0.2) is 34.8 Å². The van der Waals surface area contributed by atoms with Crippen LogP contribution in [0.3, 0.4) is 0 Å². The quantitative estimate of drug-likeness (QED) is 0.390. The minimum absolute atomic E-state index is 0.0290. The first kappa shape index (κ1) is 22.5. The fourth-order valence-corrected chi connectivity index (χ4v) is 3.35. The van der Waals surface area contributed by atoms with Crippen molar-refractivity contribution in [3.05, 3.63) is 45.9 Å². The standard InChI is InChI=1S/C17H18BrF3NO5P/c1-2-3-10-6-12(4-5-15(10)23)27-16-13(17(19,20)21)7-11(8-14(16)18)22-9-28(24,25)26/h4-8,22-23H,2-3,9H2,1H3,(H2,24,25,26). The van der Waals surface area contributed by atoms with Crippen LogP contribution >= 0.6 is 23.5 Å². The molecule has 0 atom stereocenters. The number of aromatic hydroxyl groups is 1. The third-order valence-electron chi connectivity index (χ3n) is 3.63. The second-order valence-corrected chi connectivity index (χ2v) is 8.47. The lowest BCUT2D eigenvalue weighted by Crippen LogP contribution is -2.10. The van der Waals surface area contributed by atoms with Gasteiger partial charge in [-0.1, -0.05) is 13.3 Å². The number of hydrogen-bond donors (Lipinski definition) is 4. The zero-order chi connectivity index (χ0) is 21.1. The van der Waals surface area contributed by atoms with Crippen LogP contribution in [0.5, 0.6) is 17.2 Å². The van der Waals surface area contributed by atoms with Gasteiger partial charge in [0, 0.05) is 5.69 Å². The molecule has 0 aliphatic carbocycles. The molecule has 2 aromatic carbocycles. The van der Waals surface area contributed by atoms with Gasteiger partial charge in [-0.3, -0.25) is 4.57 Å². The largest absolute Gasteiger partial charge is 0.508 e. The maximum atomic E-state index is 13.5. The minimum Gasteiger partial charge on any atom is -0.508 e. The van der Waals surface area contributed by atoms with E-state index in [1.807, 2.05) is 6.92 Å². The fraction of sp³-hybridized carbons (Fsp3) is 0.294. The van der Waals surface area contributed by atoms with E-state index in [0.717, 1.165) is 6.42 Å². The Labute approximate surface area is 167 Å². The second kappa shape index (κ2) is 8.73. The SMILES string of the molecule is CCCc1cc(Oc2c(Br)cc(NCP(=O)(O)O)cc2C(F)(F)F)ccc1O. The highest BCUT2D eigenvalue weighted by Gasteiger charge is 2.36. The van der Waals surface area contributed by atoms with Gasteiger partial charge in [-0.05, 0) is 58.2 Å². The van der Waals surface area contributed by atoms with Gasteiger partial charge in [-0.15, -0.1) is 0 Å².